The van der Waals surface area contributed by atoms with E-state index in [1.54, 1.807) is 26.2 Å². The molecule has 102 valence electrons. The molecule has 0 unspecified atom stereocenters. The molecule has 19 heavy (non-hydrogen) atoms. The highest BCUT2D eigenvalue weighted by Gasteiger charge is 2.52. The lowest BCUT2D eigenvalue weighted by molar-refractivity contribution is -0.136. The van der Waals surface area contributed by atoms with E-state index in [9.17, 15) is 9.59 Å². The molecule has 2 amide bonds. The summed E-state index contributed by atoms with van der Waals surface area (Å²) in [6.07, 6.45) is 1.65. The van der Waals surface area contributed by atoms with E-state index in [2.05, 4.69) is 5.32 Å². The quantitative estimate of drug-likeness (QED) is 0.775. The maximum atomic E-state index is 12.5. The molecule has 1 aromatic carbocycles. The van der Waals surface area contributed by atoms with Crippen molar-refractivity contribution >= 4 is 17.5 Å². The molecule has 3 N–H and O–H groups in total. The van der Waals surface area contributed by atoms with Crippen molar-refractivity contribution in [3.8, 4) is 0 Å². The largest absolute Gasteiger partial charge is 0.399 e. The molecule has 0 heterocycles. The minimum Gasteiger partial charge on any atom is -0.399 e. The van der Waals surface area contributed by atoms with Gasteiger partial charge in [0.2, 0.25) is 11.8 Å². The van der Waals surface area contributed by atoms with Crippen LogP contribution in [0.3, 0.4) is 0 Å². The van der Waals surface area contributed by atoms with Crippen molar-refractivity contribution in [3.63, 3.8) is 0 Å². The number of carbonyl (C=O) groups is 2. The van der Waals surface area contributed by atoms with Gasteiger partial charge in [-0.2, -0.15) is 0 Å². The van der Waals surface area contributed by atoms with Crippen LogP contribution in [0.1, 0.15) is 18.4 Å². The monoisotopic (exact) mass is 261 g/mol. The van der Waals surface area contributed by atoms with Crippen LogP contribution in [-0.4, -0.2) is 37.4 Å². The number of rotatable bonds is 4. The number of nitrogens with two attached hydrogens (primary N) is 1. The van der Waals surface area contributed by atoms with Gasteiger partial charge in [-0.25, -0.2) is 0 Å². The summed E-state index contributed by atoms with van der Waals surface area (Å²) in [5.41, 5.74) is 6.88. The Hall–Kier alpha value is -2.04. The van der Waals surface area contributed by atoms with Gasteiger partial charge in [-0.15, -0.1) is 0 Å². The van der Waals surface area contributed by atoms with E-state index in [0.717, 1.165) is 18.4 Å². The second-order valence-electron chi connectivity index (χ2n) is 5.04. The summed E-state index contributed by atoms with van der Waals surface area (Å²) in [6.45, 7) is 0.0893. The maximum Gasteiger partial charge on any atom is 0.239 e. The second-order valence-corrected chi connectivity index (χ2v) is 5.04. The Morgan fingerprint density at radius 1 is 1.32 bits per heavy atom. The van der Waals surface area contributed by atoms with Crippen LogP contribution in [0.15, 0.2) is 24.3 Å². The number of nitrogens with zero attached hydrogens (tertiary/aromatic N) is 1. The van der Waals surface area contributed by atoms with Gasteiger partial charge in [-0.3, -0.25) is 9.59 Å². The number of hydrogen-bond acceptors (Lipinski definition) is 3. The first-order chi connectivity index (χ1) is 8.99. The fourth-order valence-electron chi connectivity index (χ4n) is 2.28. The molecule has 0 bridgehead atoms. The average molecular weight is 261 g/mol. The van der Waals surface area contributed by atoms with Gasteiger partial charge in [0.1, 0.15) is 0 Å². The van der Waals surface area contributed by atoms with Gasteiger partial charge in [0.15, 0.2) is 0 Å². The summed E-state index contributed by atoms with van der Waals surface area (Å²) in [4.78, 5) is 25.3. The number of nitrogen functional groups attached to an aromatic ring is 1. The molecule has 5 heteroatoms. The number of amides is 2. The number of benzene rings is 1. The SMILES string of the molecule is CNC(=O)CN(C)C(=O)C1(c2ccc(N)cc2)CC1. The number of hydrogen-bond donors (Lipinski definition) is 2. The lowest BCUT2D eigenvalue weighted by Gasteiger charge is -2.23. The third-order valence-electron chi connectivity index (χ3n) is 3.63. The van der Waals surface area contributed by atoms with E-state index < -0.39 is 5.41 Å². The number of anilines is 1. The predicted octanol–water partition coefficient (Wildman–Crippen LogP) is 0.505. The van der Waals surface area contributed by atoms with Crippen molar-refractivity contribution < 1.29 is 9.59 Å². The Morgan fingerprint density at radius 2 is 1.89 bits per heavy atom. The first-order valence-electron chi connectivity index (χ1n) is 6.32. The van der Waals surface area contributed by atoms with Crippen LogP contribution >= 0.6 is 0 Å². The predicted molar refractivity (Wildman–Crippen MR) is 73.5 cm³/mol. The number of likely N-dealkylation sites (N-methyl/N-ethyl adjacent to an activating group) is 2. The summed E-state index contributed by atoms with van der Waals surface area (Å²) in [7, 11) is 3.22. The summed E-state index contributed by atoms with van der Waals surface area (Å²) in [5, 5.41) is 2.52. The molecule has 2 rings (SSSR count). The Kier molecular flexibility index (Phi) is 3.46. The zero-order chi connectivity index (χ0) is 14.0. The first kappa shape index (κ1) is 13.4. The highest BCUT2D eigenvalue weighted by molar-refractivity contribution is 5.93. The van der Waals surface area contributed by atoms with E-state index in [0.29, 0.717) is 5.69 Å². The van der Waals surface area contributed by atoms with Crippen LogP contribution in [0.2, 0.25) is 0 Å². The molecule has 1 aliphatic rings. The third-order valence-corrected chi connectivity index (χ3v) is 3.63. The minimum absolute atomic E-state index is 0.000807. The van der Waals surface area contributed by atoms with Gasteiger partial charge >= 0.3 is 0 Å². The van der Waals surface area contributed by atoms with Crippen molar-refractivity contribution in [1.29, 1.82) is 0 Å². The van der Waals surface area contributed by atoms with Crippen LogP contribution in [0, 0.1) is 0 Å². The number of carbonyl (C=O) groups excluding carboxylic acids is 2. The van der Waals surface area contributed by atoms with E-state index in [4.69, 9.17) is 5.73 Å². The fraction of sp³-hybridized carbons (Fsp3) is 0.429. The molecule has 1 saturated carbocycles. The van der Waals surface area contributed by atoms with Gasteiger partial charge in [-0.1, -0.05) is 12.1 Å². The van der Waals surface area contributed by atoms with Gasteiger partial charge in [0.25, 0.3) is 0 Å². The molecule has 0 aliphatic heterocycles. The smallest absolute Gasteiger partial charge is 0.239 e. The molecule has 1 fully saturated rings. The van der Waals surface area contributed by atoms with Crippen LogP contribution in [0.5, 0.6) is 0 Å². The van der Waals surface area contributed by atoms with Crippen LogP contribution in [0.4, 0.5) is 5.69 Å². The van der Waals surface area contributed by atoms with Crippen molar-refractivity contribution in [3.05, 3.63) is 29.8 Å². The van der Waals surface area contributed by atoms with E-state index in [-0.39, 0.29) is 18.4 Å². The Labute approximate surface area is 112 Å². The molecule has 5 nitrogen and oxygen atoms in total. The zero-order valence-corrected chi connectivity index (χ0v) is 11.3. The highest BCUT2D eigenvalue weighted by Crippen LogP contribution is 2.49. The van der Waals surface area contributed by atoms with Crippen molar-refractivity contribution in [1.82, 2.24) is 10.2 Å². The van der Waals surface area contributed by atoms with Gasteiger partial charge in [0.05, 0.1) is 12.0 Å². The van der Waals surface area contributed by atoms with E-state index in [1.807, 2.05) is 12.1 Å². The number of nitrogens with one attached hydrogen (secondary N) is 1. The summed E-state index contributed by atoms with van der Waals surface area (Å²) < 4.78 is 0. The topological polar surface area (TPSA) is 75.4 Å². The Bertz CT molecular complexity index is 492. The molecular formula is C14H19N3O2. The third kappa shape index (κ3) is 2.54. The summed E-state index contributed by atoms with van der Waals surface area (Å²) >= 11 is 0. The normalized spacial score (nSPS) is 15.7. The van der Waals surface area contributed by atoms with Crippen LogP contribution in [0.25, 0.3) is 0 Å². The average Bonchev–Trinajstić information content (AvgIpc) is 3.20. The van der Waals surface area contributed by atoms with Crippen LogP contribution < -0.4 is 11.1 Å². The fourth-order valence-corrected chi connectivity index (χ4v) is 2.28. The minimum atomic E-state index is -0.448. The Morgan fingerprint density at radius 3 is 2.37 bits per heavy atom. The molecule has 0 aromatic heterocycles. The highest BCUT2D eigenvalue weighted by atomic mass is 16.2. The molecule has 0 saturated heterocycles. The maximum absolute atomic E-state index is 12.5. The van der Waals surface area contributed by atoms with Gasteiger partial charge in [-0.05, 0) is 30.5 Å². The molecule has 0 spiro atoms. The second kappa shape index (κ2) is 4.91. The van der Waals surface area contributed by atoms with Crippen molar-refractivity contribution in [2.75, 3.05) is 26.4 Å². The first-order valence-corrected chi connectivity index (χ1v) is 6.32. The lowest BCUT2D eigenvalue weighted by Crippen LogP contribution is -2.42. The summed E-state index contributed by atoms with van der Waals surface area (Å²) in [5.74, 6) is -0.162. The molecule has 0 atom stereocenters. The van der Waals surface area contributed by atoms with E-state index in [1.165, 1.54) is 4.90 Å². The molecule has 0 radical (unpaired) electrons. The standard InChI is InChI=1S/C14H19N3O2/c1-16-12(18)9-17(2)13(19)14(7-8-14)10-3-5-11(15)6-4-10/h3-6H,7-9,15H2,1-2H3,(H,16,18). The summed E-state index contributed by atoms with van der Waals surface area (Å²) in [6, 6.07) is 7.41. The van der Waals surface area contributed by atoms with Gasteiger partial charge < -0.3 is 16.0 Å². The van der Waals surface area contributed by atoms with Crippen LogP contribution in [-0.2, 0) is 15.0 Å². The molecule has 1 aromatic rings. The molecular weight excluding hydrogens is 242 g/mol. The zero-order valence-electron chi connectivity index (χ0n) is 11.3. The Balaban J connectivity index is 2.14. The van der Waals surface area contributed by atoms with Crippen molar-refractivity contribution in [2.24, 2.45) is 0 Å². The van der Waals surface area contributed by atoms with Crippen molar-refractivity contribution in [2.45, 2.75) is 18.3 Å². The van der Waals surface area contributed by atoms with E-state index >= 15 is 0 Å². The lowest BCUT2D eigenvalue weighted by atomic mass is 9.94. The molecule has 1 aliphatic carbocycles. The van der Waals surface area contributed by atoms with Gasteiger partial charge in [0, 0.05) is 19.8 Å².